The summed E-state index contributed by atoms with van der Waals surface area (Å²) < 4.78 is 61.7. The van der Waals surface area contributed by atoms with Crippen molar-refractivity contribution in [2.45, 2.75) is 214 Å². The Morgan fingerprint density at radius 2 is 1.41 bits per heavy atom. The van der Waals surface area contributed by atoms with Crippen molar-refractivity contribution in [1.82, 2.24) is 0 Å². The van der Waals surface area contributed by atoms with E-state index in [-0.39, 0.29) is 31.8 Å². The van der Waals surface area contributed by atoms with Gasteiger partial charge in [-0.25, -0.2) is 4.79 Å². The van der Waals surface area contributed by atoms with Crippen LogP contribution in [0.4, 0.5) is 0 Å². The topological polar surface area (TPSA) is 231 Å². The number of benzene rings is 1. The maximum absolute atomic E-state index is 13.6. The minimum atomic E-state index is -1.91. The second kappa shape index (κ2) is 19.9. The molecule has 382 valence electrons. The Kier molecular flexibility index (Phi) is 15.2. The van der Waals surface area contributed by atoms with E-state index >= 15 is 0 Å². The normalized spacial score (nSPS) is 48.8. The van der Waals surface area contributed by atoms with Gasteiger partial charge in [0.1, 0.15) is 53.4 Å². The SMILES string of the molecule is CO[C@@H]1[C@@H](O)[C@H](O[C@@H]2[C@@H](C)O[C@@H](O[C@H]3[C@@H](OC)C[C@H](O[C@H]4CC[C@@]5(C)C(=CC[C@]6(O)[C@@H]5C[C@@H](OC(=O)/C=C/c5ccccc5)[C@@]5(C)[C@@]6(O)CC[C@@]5(O)[C@H](C)O)C4)O[C@@H]3C)C[C@H]2OC)O[C@H](C)[C@H]1O. The van der Waals surface area contributed by atoms with Gasteiger partial charge in [-0.2, -0.15) is 0 Å². The summed E-state index contributed by atoms with van der Waals surface area (Å²) in [6.45, 7) is 10.7. The van der Waals surface area contributed by atoms with Crippen LogP contribution in [0.1, 0.15) is 105 Å². The zero-order valence-electron chi connectivity index (χ0n) is 41.0. The lowest BCUT2D eigenvalue weighted by Crippen LogP contribution is -2.78. The first-order valence-electron chi connectivity index (χ1n) is 24.5. The van der Waals surface area contributed by atoms with Gasteiger partial charge in [-0.05, 0) is 89.7 Å². The number of hydrogen-bond acceptors (Lipinski definition) is 17. The molecular weight excluding hydrogens is 885 g/mol. The van der Waals surface area contributed by atoms with Crippen molar-refractivity contribution in [3.8, 4) is 0 Å². The number of aliphatic hydroxyl groups excluding tert-OH is 3. The molecule has 3 heterocycles. The number of carbonyl (C=O) groups is 1. The number of hydrogen-bond donors (Lipinski definition) is 6. The van der Waals surface area contributed by atoms with Crippen molar-refractivity contribution in [3.05, 3.63) is 53.6 Å². The van der Waals surface area contributed by atoms with Crippen LogP contribution in [0.25, 0.3) is 6.08 Å². The molecule has 0 unspecified atom stereocenters. The number of ether oxygens (including phenoxy) is 10. The van der Waals surface area contributed by atoms with Crippen LogP contribution in [-0.4, -0.2) is 173 Å². The maximum Gasteiger partial charge on any atom is 0.331 e. The van der Waals surface area contributed by atoms with Crippen LogP contribution in [0.2, 0.25) is 0 Å². The molecule has 0 bridgehead atoms. The Morgan fingerprint density at radius 3 is 2.03 bits per heavy atom. The Morgan fingerprint density at radius 1 is 0.779 bits per heavy atom. The standard InChI is InChI=1S/C51H76O17/c1-27-41(54)45(61-9)42(55)46(64-27)68-44-29(3)63-40(25-35(44)60-8)67-43-28(2)62-39(24-34(43)59-7)65-33-18-19-47(5)32(23-33)17-20-50(57)36(47)26-37(66-38(53)16-15-31-13-11-10-12-14-31)48(6)49(56,30(4)52)21-22-51(48,50)58/h10-17,27-30,33-37,39-46,52,54-58H,18-26H2,1-9H3/b16-15+/t27-,28-,29-,30+,33+,34+,35-,36-,37-,39+,40+,41-,42-,43-,44-,45+,46+,47+,48-,49-,50+,51+/m1/s1. The summed E-state index contributed by atoms with van der Waals surface area (Å²) in [5, 5.41) is 70.6. The second-order valence-corrected chi connectivity index (χ2v) is 21.1. The van der Waals surface area contributed by atoms with E-state index in [0.29, 0.717) is 32.1 Å². The zero-order valence-corrected chi connectivity index (χ0v) is 41.0. The third kappa shape index (κ3) is 8.76. The van der Waals surface area contributed by atoms with Gasteiger partial charge in [0, 0.05) is 46.2 Å². The van der Waals surface area contributed by atoms with Gasteiger partial charge >= 0.3 is 5.97 Å². The van der Waals surface area contributed by atoms with E-state index in [4.69, 9.17) is 47.4 Å². The molecule has 1 aromatic rings. The molecule has 3 saturated carbocycles. The lowest BCUT2D eigenvalue weighted by molar-refractivity contribution is -0.352. The molecule has 7 aliphatic rings. The molecule has 68 heavy (non-hydrogen) atoms. The molecule has 17 nitrogen and oxygen atoms in total. The van der Waals surface area contributed by atoms with E-state index in [0.717, 1.165) is 11.1 Å². The number of carbonyl (C=O) groups excluding carboxylic acids is 1. The number of aliphatic hydroxyl groups is 6. The molecule has 4 aliphatic carbocycles. The van der Waals surface area contributed by atoms with Crippen LogP contribution >= 0.6 is 0 Å². The highest BCUT2D eigenvalue weighted by molar-refractivity contribution is 5.87. The van der Waals surface area contributed by atoms with Gasteiger partial charge in [0.25, 0.3) is 0 Å². The lowest BCUT2D eigenvalue weighted by atomic mass is 9.42. The van der Waals surface area contributed by atoms with E-state index in [1.165, 1.54) is 20.1 Å². The zero-order chi connectivity index (χ0) is 49.1. The monoisotopic (exact) mass is 961 g/mol. The fourth-order valence-electron chi connectivity index (χ4n) is 13.5. The smallest absolute Gasteiger partial charge is 0.331 e. The average Bonchev–Trinajstić information content (AvgIpc) is 3.54. The summed E-state index contributed by atoms with van der Waals surface area (Å²) in [6, 6.07) is 9.33. The summed E-state index contributed by atoms with van der Waals surface area (Å²) in [4.78, 5) is 13.6. The predicted octanol–water partition coefficient (Wildman–Crippen LogP) is 3.46. The minimum Gasteiger partial charge on any atom is -0.458 e. The molecule has 1 aromatic carbocycles. The Hall–Kier alpha value is -2.43. The fourth-order valence-corrected chi connectivity index (χ4v) is 13.5. The van der Waals surface area contributed by atoms with Crippen molar-refractivity contribution in [3.63, 3.8) is 0 Å². The van der Waals surface area contributed by atoms with Gasteiger partial charge in [-0.1, -0.05) is 55.8 Å². The maximum atomic E-state index is 13.6. The first-order chi connectivity index (χ1) is 32.2. The Labute approximate surface area is 399 Å². The van der Waals surface area contributed by atoms with Crippen molar-refractivity contribution in [2.75, 3.05) is 21.3 Å². The molecule has 3 aliphatic heterocycles. The van der Waals surface area contributed by atoms with Crippen LogP contribution in [0.15, 0.2) is 48.1 Å². The summed E-state index contributed by atoms with van der Waals surface area (Å²) in [5.41, 5.74) is -5.80. The Balaban J connectivity index is 0.922. The molecule has 0 aromatic heterocycles. The first kappa shape index (κ1) is 51.9. The quantitative estimate of drug-likeness (QED) is 0.0945. The Bertz CT molecular complexity index is 1970. The van der Waals surface area contributed by atoms with E-state index in [9.17, 15) is 35.4 Å². The summed E-state index contributed by atoms with van der Waals surface area (Å²) in [7, 11) is 4.62. The molecule has 22 atom stereocenters. The lowest BCUT2D eigenvalue weighted by Gasteiger charge is -2.67. The van der Waals surface area contributed by atoms with Crippen LogP contribution in [0.5, 0.6) is 0 Å². The average molecular weight is 961 g/mol. The highest BCUT2D eigenvalue weighted by Crippen LogP contribution is 2.71. The molecule has 8 rings (SSSR count). The summed E-state index contributed by atoms with van der Waals surface area (Å²) in [6.07, 6.45) is -4.03. The van der Waals surface area contributed by atoms with Crippen LogP contribution < -0.4 is 0 Å². The van der Waals surface area contributed by atoms with Crippen LogP contribution in [0.3, 0.4) is 0 Å². The van der Waals surface area contributed by atoms with Crippen LogP contribution in [0, 0.1) is 16.7 Å². The highest BCUT2D eigenvalue weighted by Gasteiger charge is 2.81. The van der Waals surface area contributed by atoms with E-state index in [2.05, 4.69) is 6.92 Å². The van der Waals surface area contributed by atoms with Gasteiger partial charge in [0.2, 0.25) is 0 Å². The molecule has 17 heteroatoms. The number of fused-ring (bicyclic) bond motifs is 5. The fraction of sp³-hybridized carbons (Fsp3) is 0.784. The van der Waals surface area contributed by atoms with Gasteiger partial charge in [0.05, 0.1) is 48.1 Å². The van der Waals surface area contributed by atoms with Gasteiger partial charge < -0.3 is 78.0 Å². The summed E-state index contributed by atoms with van der Waals surface area (Å²) >= 11 is 0. The largest absolute Gasteiger partial charge is 0.458 e. The molecule has 6 fully saturated rings. The molecule has 0 spiro atoms. The van der Waals surface area contributed by atoms with Gasteiger partial charge in [-0.15, -0.1) is 0 Å². The third-order valence-corrected chi connectivity index (χ3v) is 17.6. The molecule has 6 N–H and O–H groups in total. The number of rotatable bonds is 13. The van der Waals surface area contributed by atoms with Gasteiger partial charge in [-0.3, -0.25) is 0 Å². The van der Waals surface area contributed by atoms with Crippen molar-refractivity contribution < 1.29 is 82.8 Å². The van der Waals surface area contributed by atoms with Crippen molar-refractivity contribution in [1.29, 1.82) is 0 Å². The number of methoxy groups -OCH3 is 3. The van der Waals surface area contributed by atoms with E-state index in [1.54, 1.807) is 34.1 Å². The molecule has 0 amide bonds. The first-order valence-corrected chi connectivity index (χ1v) is 24.5. The highest BCUT2D eigenvalue weighted by atomic mass is 16.8. The van der Waals surface area contributed by atoms with Crippen molar-refractivity contribution in [2.24, 2.45) is 16.7 Å². The molecule has 3 saturated heterocycles. The molecule has 0 radical (unpaired) electrons. The van der Waals surface area contributed by atoms with Gasteiger partial charge in [0.15, 0.2) is 18.9 Å². The third-order valence-electron chi connectivity index (χ3n) is 17.6. The van der Waals surface area contributed by atoms with Crippen LogP contribution in [-0.2, 0) is 52.2 Å². The molecular formula is C51H76O17. The van der Waals surface area contributed by atoms with E-state index in [1.807, 2.05) is 50.3 Å². The predicted molar refractivity (Wildman–Crippen MR) is 243 cm³/mol. The second-order valence-electron chi connectivity index (χ2n) is 21.1. The van der Waals surface area contributed by atoms with E-state index < -0.39 is 132 Å². The van der Waals surface area contributed by atoms with Crippen molar-refractivity contribution >= 4 is 12.0 Å². The minimum absolute atomic E-state index is 0.00945. The number of esters is 1. The summed E-state index contributed by atoms with van der Waals surface area (Å²) in [5.74, 6) is -1.20.